The minimum absolute atomic E-state index is 0.0757. The van der Waals surface area contributed by atoms with E-state index >= 15 is 0 Å². The van der Waals surface area contributed by atoms with Crippen LogP contribution in [0.4, 0.5) is 0 Å². The number of fused-ring (bicyclic) bond motifs is 6. The van der Waals surface area contributed by atoms with Crippen molar-refractivity contribution in [2.75, 3.05) is 80.4 Å². The van der Waals surface area contributed by atoms with Crippen molar-refractivity contribution in [3.63, 3.8) is 0 Å². The number of hydrogen-bond acceptors (Lipinski definition) is 18. The van der Waals surface area contributed by atoms with Gasteiger partial charge < -0.3 is 42.6 Å². The van der Waals surface area contributed by atoms with E-state index in [0.29, 0.717) is 107 Å². The molecule has 30 heterocycles. The highest BCUT2D eigenvalue weighted by Crippen LogP contribution is 2.49. The van der Waals surface area contributed by atoms with E-state index in [1.165, 1.54) is 0 Å². The molecule has 36 rings (SSSR count). The van der Waals surface area contributed by atoms with E-state index in [4.69, 9.17) is 57.6 Å². The van der Waals surface area contributed by atoms with Crippen LogP contribution in [0, 0.1) is 35.5 Å². The first-order valence-electron chi connectivity index (χ1n) is 35.4. The summed E-state index contributed by atoms with van der Waals surface area (Å²) in [4.78, 5) is 65.5. The van der Waals surface area contributed by atoms with Gasteiger partial charge in [0.15, 0.2) is 0 Å². The summed E-state index contributed by atoms with van der Waals surface area (Å²) in [5, 5.41) is 2.65. The van der Waals surface area contributed by atoms with Crippen LogP contribution in [-0.4, -0.2) is 146 Å². The number of aromatic nitrogens is 3. The molecule has 15 atom stereocenters. The van der Waals surface area contributed by atoms with Gasteiger partial charge in [-0.3, -0.25) is 29.7 Å². The first kappa shape index (κ1) is 64.3. The number of ether oxygens (including phenoxy) is 9. The van der Waals surface area contributed by atoms with Crippen molar-refractivity contribution in [3.05, 3.63) is 198 Å². The smallest absolute Gasteiger partial charge is 0.338 e. The molecule has 27 aliphatic rings. The topological polar surface area (TPSA) is 183 Å². The Balaban J connectivity index is 0.677. The second kappa shape index (κ2) is 28.1. The van der Waals surface area contributed by atoms with E-state index in [2.05, 4.69) is 14.7 Å². The molecule has 18 bridgehead atoms. The lowest BCUT2D eigenvalue weighted by Gasteiger charge is -2.52. The molecule has 0 saturated carbocycles. The summed E-state index contributed by atoms with van der Waals surface area (Å²) in [5.74, 6) is 5.20. The summed E-state index contributed by atoms with van der Waals surface area (Å²) in [6.45, 7) is 6.73. The summed E-state index contributed by atoms with van der Waals surface area (Å²) >= 11 is 0. The van der Waals surface area contributed by atoms with Crippen molar-refractivity contribution in [2.45, 2.75) is 94.2 Å². The molecule has 3 aromatic heterocycles. The average molecular weight is 1330 g/mol. The van der Waals surface area contributed by atoms with Crippen LogP contribution in [0.3, 0.4) is 0 Å². The third-order valence-corrected chi connectivity index (χ3v) is 23.0. The Hall–Kier alpha value is -9.36. The molecular formula is C81H84N6O12. The maximum atomic E-state index is 14.6. The summed E-state index contributed by atoms with van der Waals surface area (Å²) < 4.78 is 56.9. The third kappa shape index (κ3) is 13.2. The molecule has 9 aromatic rings. The highest BCUT2D eigenvalue weighted by Gasteiger charge is 2.49. The Bertz CT molecular complexity index is 3980. The zero-order chi connectivity index (χ0) is 67.1. The van der Waals surface area contributed by atoms with Gasteiger partial charge in [-0.2, -0.15) is 0 Å². The van der Waals surface area contributed by atoms with Gasteiger partial charge in [-0.25, -0.2) is 14.4 Å². The lowest BCUT2D eigenvalue weighted by molar-refractivity contribution is -0.0684. The molecule has 18 heteroatoms. The fourth-order valence-electron chi connectivity index (χ4n) is 17.7. The molecular weight excluding hydrogens is 1250 g/mol. The lowest BCUT2D eigenvalue weighted by Crippen LogP contribution is -2.56. The van der Waals surface area contributed by atoms with Gasteiger partial charge in [0.1, 0.15) is 52.8 Å². The zero-order valence-electron chi connectivity index (χ0n) is 56.3. The van der Waals surface area contributed by atoms with E-state index in [1.54, 1.807) is 76.3 Å². The number of rotatable bonds is 6. The van der Waals surface area contributed by atoms with Gasteiger partial charge in [-0.1, -0.05) is 0 Å². The van der Waals surface area contributed by atoms with Gasteiger partial charge in [-0.05, 0) is 259 Å². The second-order valence-corrected chi connectivity index (χ2v) is 28.1. The summed E-state index contributed by atoms with van der Waals surface area (Å²) in [7, 11) is 4.97. The molecule has 27 aliphatic heterocycles. The monoisotopic (exact) mass is 1330 g/mol. The normalized spacial score (nSPS) is 28.9. The summed E-state index contributed by atoms with van der Waals surface area (Å²) in [6, 6.07) is 45.3. The van der Waals surface area contributed by atoms with Crippen molar-refractivity contribution in [2.24, 2.45) is 35.5 Å². The third-order valence-electron chi connectivity index (χ3n) is 23.0. The van der Waals surface area contributed by atoms with Crippen LogP contribution >= 0.6 is 0 Å². The largest absolute Gasteiger partial charge is 0.497 e. The second-order valence-electron chi connectivity index (χ2n) is 28.1. The number of pyridine rings is 3. The molecule has 99 heavy (non-hydrogen) atoms. The zero-order valence-corrected chi connectivity index (χ0v) is 56.3. The Kier molecular flexibility index (Phi) is 18.3. The fourth-order valence-corrected chi connectivity index (χ4v) is 17.7. The van der Waals surface area contributed by atoms with Crippen LogP contribution < -0.4 is 28.4 Å². The molecule has 0 spiro atoms. The van der Waals surface area contributed by atoms with Crippen molar-refractivity contribution in [1.82, 2.24) is 29.7 Å². The van der Waals surface area contributed by atoms with Crippen molar-refractivity contribution in [3.8, 4) is 34.5 Å². The predicted molar refractivity (Wildman–Crippen MR) is 374 cm³/mol. The Labute approximate surface area is 576 Å². The van der Waals surface area contributed by atoms with Gasteiger partial charge in [0, 0.05) is 71.1 Å². The quantitative estimate of drug-likeness (QED) is 0.113. The van der Waals surface area contributed by atoms with E-state index in [9.17, 15) is 14.4 Å². The van der Waals surface area contributed by atoms with E-state index in [0.717, 1.165) is 146 Å². The lowest BCUT2D eigenvalue weighted by atomic mass is 9.72. The van der Waals surface area contributed by atoms with Crippen LogP contribution in [-0.2, 0) is 14.2 Å². The highest BCUT2D eigenvalue weighted by atomic mass is 16.6. The van der Waals surface area contributed by atoms with E-state index in [1.807, 2.05) is 109 Å². The number of hydrogen-bond donors (Lipinski definition) is 0. The molecule has 3 unspecified atom stereocenters. The number of esters is 3. The molecule has 18 nitrogen and oxygen atoms in total. The SMILES string of the molecule is COc1ccc2nccc([C@@H]3OC(=O)c4ccc(cc4)OCC[C@H]4CN5CC[C@H]4C[C@@H]5[C@H](c4ccnc5ccc(OC)cc45)OC(=O)c4ccc(cc4)OCC[C@H]4CN5CC[C@H]4C[C@@H]5[C@H](c4ccnc5ccc(OC)cc45)OC(=O)c4ccc(cc4)OCC[C@H]4CN5CC[C@H]4C[C@H]35)c2c1. The fraction of sp³-hybridized carbons (Fsp3) is 0.407. The summed E-state index contributed by atoms with van der Waals surface area (Å²) in [5.41, 5.74) is 6.39. The number of benzene rings is 6. The molecule has 9 saturated heterocycles. The van der Waals surface area contributed by atoms with Gasteiger partial charge in [0.25, 0.3) is 0 Å². The van der Waals surface area contributed by atoms with Crippen molar-refractivity contribution in [1.29, 1.82) is 0 Å². The van der Waals surface area contributed by atoms with Gasteiger partial charge >= 0.3 is 17.9 Å². The van der Waals surface area contributed by atoms with Crippen LogP contribution in [0.2, 0.25) is 0 Å². The van der Waals surface area contributed by atoms with E-state index in [-0.39, 0.29) is 18.1 Å². The van der Waals surface area contributed by atoms with Crippen molar-refractivity contribution < 1.29 is 57.0 Å². The Morgan fingerprint density at radius 3 is 0.909 bits per heavy atom. The molecule has 9 fully saturated rings. The van der Waals surface area contributed by atoms with Crippen LogP contribution in [0.25, 0.3) is 32.7 Å². The molecule has 510 valence electrons. The number of piperidine rings is 9. The van der Waals surface area contributed by atoms with Gasteiger partial charge in [0.05, 0.1) is 92.5 Å². The maximum Gasteiger partial charge on any atom is 0.338 e. The molecule has 0 radical (unpaired) electrons. The van der Waals surface area contributed by atoms with Crippen molar-refractivity contribution >= 4 is 50.6 Å². The van der Waals surface area contributed by atoms with Gasteiger partial charge in [0.2, 0.25) is 0 Å². The maximum absolute atomic E-state index is 14.6. The van der Waals surface area contributed by atoms with Crippen LogP contribution in [0.1, 0.15) is 124 Å². The first-order chi connectivity index (χ1) is 48.6. The Morgan fingerprint density at radius 1 is 0.354 bits per heavy atom. The molecule has 0 N–H and O–H groups in total. The average Bonchev–Trinajstić information content (AvgIpc) is 0.771. The van der Waals surface area contributed by atoms with Crippen LogP contribution in [0.5, 0.6) is 34.5 Å². The van der Waals surface area contributed by atoms with Gasteiger partial charge in [-0.15, -0.1) is 0 Å². The minimum atomic E-state index is -0.593. The summed E-state index contributed by atoms with van der Waals surface area (Å²) in [6.07, 6.45) is 11.8. The van der Waals surface area contributed by atoms with Crippen LogP contribution in [0.15, 0.2) is 164 Å². The first-order valence-corrected chi connectivity index (χ1v) is 35.4. The molecule has 0 aliphatic carbocycles. The van der Waals surface area contributed by atoms with E-state index < -0.39 is 36.2 Å². The predicted octanol–water partition coefficient (Wildman–Crippen LogP) is 13.9. The minimum Gasteiger partial charge on any atom is -0.497 e. The number of carbonyl (C=O) groups excluding carboxylic acids is 3. The number of carbonyl (C=O) groups is 3. The molecule has 6 aromatic carbocycles. The number of methoxy groups -OCH3 is 3. The number of nitrogens with zero attached hydrogens (tertiary/aromatic N) is 6. The Morgan fingerprint density at radius 2 is 0.646 bits per heavy atom. The highest BCUT2D eigenvalue weighted by molar-refractivity contribution is 5.93. The standard InChI is InChI=1S/C81H84N6O12/c1-91-61-16-19-70-67(43-61)64(22-31-82-70)76-73-40-52-25-34-85(73)46-55(52)28-37-94-59-12-6-50(7-13-59)80(89)98-78(66-24-33-84-72-21-18-63(93-3)45-69(66)72)75-42-54-27-36-87(75)48-57(54)30-39-96-60-14-8-51(9-15-60)81(90)99-77(65-23-32-83-71-20-17-62(92-2)44-68(65)71)74-41-53-26-35-86(74)47-56(53)29-38-95-58-10-4-49(5-11-58)79(88)97-76/h4-24,31-33,43-45,52-57,73-78H,25-30,34-42,46-48H2,1-3H3/t52-,53-,54-,55-,56-,57-,73+,74+,75+,76-,77-,78-/m0/s1. The molecule has 0 amide bonds.